The highest BCUT2D eigenvalue weighted by molar-refractivity contribution is 5.97. The smallest absolute Gasteiger partial charge is 0.240 e. The van der Waals surface area contributed by atoms with Gasteiger partial charge < -0.3 is 19.7 Å². The first kappa shape index (κ1) is 16.8. The second-order valence-corrected chi connectivity index (χ2v) is 5.57. The van der Waals surface area contributed by atoms with Crippen molar-refractivity contribution in [3.63, 3.8) is 0 Å². The molecule has 0 bridgehead atoms. The maximum absolute atomic E-state index is 12.2. The van der Waals surface area contributed by atoms with Gasteiger partial charge in [-0.2, -0.15) is 0 Å². The number of pyridine rings is 1. The van der Waals surface area contributed by atoms with Crippen molar-refractivity contribution in [2.45, 2.75) is 13.5 Å². The van der Waals surface area contributed by atoms with Crippen LogP contribution in [-0.4, -0.2) is 36.6 Å². The van der Waals surface area contributed by atoms with E-state index in [0.717, 1.165) is 5.56 Å². The van der Waals surface area contributed by atoms with Crippen LogP contribution in [0.4, 0.5) is 5.69 Å². The number of aromatic nitrogens is 1. The number of benzene rings is 1. The molecule has 0 saturated heterocycles. The lowest BCUT2D eigenvalue weighted by atomic mass is 10.2. The fourth-order valence-electron chi connectivity index (χ4n) is 2.49. The van der Waals surface area contributed by atoms with E-state index in [1.807, 2.05) is 12.1 Å². The van der Waals surface area contributed by atoms with Crippen LogP contribution < -0.4 is 19.7 Å². The molecule has 130 valence electrons. The van der Waals surface area contributed by atoms with Gasteiger partial charge in [0.1, 0.15) is 19.8 Å². The van der Waals surface area contributed by atoms with Gasteiger partial charge in [0.2, 0.25) is 11.8 Å². The minimum atomic E-state index is -0.248. The molecule has 7 heteroatoms. The van der Waals surface area contributed by atoms with Gasteiger partial charge in [0.15, 0.2) is 11.5 Å². The fourth-order valence-corrected chi connectivity index (χ4v) is 2.49. The second-order valence-electron chi connectivity index (χ2n) is 5.57. The topological polar surface area (TPSA) is 80.8 Å². The first-order valence-corrected chi connectivity index (χ1v) is 7.97. The van der Waals surface area contributed by atoms with Crippen molar-refractivity contribution >= 4 is 17.5 Å². The monoisotopic (exact) mass is 341 g/mol. The Kier molecular flexibility index (Phi) is 5.13. The third kappa shape index (κ3) is 4.26. The lowest BCUT2D eigenvalue weighted by Crippen LogP contribution is -2.39. The van der Waals surface area contributed by atoms with Gasteiger partial charge in [0.05, 0.1) is 0 Å². The van der Waals surface area contributed by atoms with Crippen molar-refractivity contribution in [1.29, 1.82) is 0 Å². The summed E-state index contributed by atoms with van der Waals surface area (Å²) in [5, 5.41) is 2.80. The van der Waals surface area contributed by atoms with Gasteiger partial charge in [-0.15, -0.1) is 0 Å². The van der Waals surface area contributed by atoms with Gasteiger partial charge in [0, 0.05) is 37.6 Å². The summed E-state index contributed by atoms with van der Waals surface area (Å²) in [6, 6.07) is 8.85. The molecule has 0 spiro atoms. The second kappa shape index (κ2) is 7.65. The summed E-state index contributed by atoms with van der Waals surface area (Å²) in [6.07, 6.45) is 3.33. The van der Waals surface area contributed by atoms with Crippen LogP contribution in [0.5, 0.6) is 11.5 Å². The number of nitrogens with zero attached hydrogens (tertiary/aromatic N) is 2. The van der Waals surface area contributed by atoms with Crippen LogP contribution in [0, 0.1) is 0 Å². The summed E-state index contributed by atoms with van der Waals surface area (Å²) < 4.78 is 11.0. The van der Waals surface area contributed by atoms with Crippen molar-refractivity contribution in [3.8, 4) is 11.5 Å². The van der Waals surface area contributed by atoms with Crippen LogP contribution in [0.1, 0.15) is 12.5 Å². The third-order valence-corrected chi connectivity index (χ3v) is 3.76. The molecule has 1 aromatic carbocycles. The number of hydrogen-bond donors (Lipinski definition) is 1. The highest BCUT2D eigenvalue weighted by atomic mass is 16.6. The predicted octanol–water partition coefficient (Wildman–Crippen LogP) is 1.52. The molecule has 2 aromatic rings. The Labute approximate surface area is 145 Å². The zero-order valence-corrected chi connectivity index (χ0v) is 13.9. The lowest BCUT2D eigenvalue weighted by molar-refractivity contribution is -0.123. The zero-order chi connectivity index (χ0) is 17.6. The van der Waals surface area contributed by atoms with E-state index in [1.54, 1.807) is 30.6 Å². The van der Waals surface area contributed by atoms with Crippen LogP contribution in [0.15, 0.2) is 42.7 Å². The van der Waals surface area contributed by atoms with Gasteiger partial charge >= 0.3 is 0 Å². The standard InChI is InChI=1S/C18H19N3O4/c1-13(22)21(12-18(23)20-11-14-4-6-19-7-5-14)15-2-3-16-17(10-15)25-9-8-24-16/h2-7,10H,8-9,11-12H2,1H3,(H,20,23). The first-order chi connectivity index (χ1) is 12.1. The van der Waals surface area contributed by atoms with Gasteiger partial charge in [-0.1, -0.05) is 0 Å². The quantitative estimate of drug-likeness (QED) is 0.892. The van der Waals surface area contributed by atoms with Crippen molar-refractivity contribution in [2.75, 3.05) is 24.7 Å². The average Bonchev–Trinajstić information content (AvgIpc) is 2.64. The van der Waals surface area contributed by atoms with E-state index in [0.29, 0.717) is 36.9 Å². The number of fused-ring (bicyclic) bond motifs is 1. The Hall–Kier alpha value is -3.09. The van der Waals surface area contributed by atoms with E-state index in [2.05, 4.69) is 10.3 Å². The van der Waals surface area contributed by atoms with E-state index in [4.69, 9.17) is 9.47 Å². The van der Waals surface area contributed by atoms with Gasteiger partial charge in [0.25, 0.3) is 0 Å². The summed E-state index contributed by atoms with van der Waals surface area (Å²) in [7, 11) is 0. The zero-order valence-electron chi connectivity index (χ0n) is 13.9. The third-order valence-electron chi connectivity index (χ3n) is 3.76. The number of anilines is 1. The van der Waals surface area contributed by atoms with Crippen LogP contribution >= 0.6 is 0 Å². The molecule has 3 rings (SSSR count). The maximum atomic E-state index is 12.2. The lowest BCUT2D eigenvalue weighted by Gasteiger charge is -2.24. The maximum Gasteiger partial charge on any atom is 0.240 e. The Balaban J connectivity index is 1.67. The van der Waals surface area contributed by atoms with E-state index in [1.165, 1.54) is 11.8 Å². The van der Waals surface area contributed by atoms with Gasteiger partial charge in [-0.25, -0.2) is 0 Å². The summed E-state index contributed by atoms with van der Waals surface area (Å²) >= 11 is 0. The van der Waals surface area contributed by atoms with Gasteiger partial charge in [-0.3, -0.25) is 14.6 Å². The molecule has 0 saturated carbocycles. The molecule has 2 amide bonds. The van der Waals surface area contributed by atoms with E-state index >= 15 is 0 Å². The molecule has 1 N–H and O–H groups in total. The van der Waals surface area contributed by atoms with E-state index in [9.17, 15) is 9.59 Å². The number of hydrogen-bond acceptors (Lipinski definition) is 5. The normalized spacial score (nSPS) is 12.4. The molecule has 0 radical (unpaired) electrons. The molecular formula is C18H19N3O4. The first-order valence-electron chi connectivity index (χ1n) is 7.97. The Bertz CT molecular complexity index is 764. The summed E-state index contributed by atoms with van der Waals surface area (Å²) in [6.45, 7) is 2.70. The number of amides is 2. The molecule has 0 aliphatic carbocycles. The van der Waals surface area contributed by atoms with E-state index < -0.39 is 0 Å². The average molecular weight is 341 g/mol. The SMILES string of the molecule is CC(=O)N(CC(=O)NCc1ccncc1)c1ccc2c(c1)OCCO2. The molecule has 0 unspecified atom stereocenters. The van der Waals surface area contributed by atoms with Crippen molar-refractivity contribution < 1.29 is 19.1 Å². The Morgan fingerprint density at radius 1 is 1.12 bits per heavy atom. The molecule has 7 nitrogen and oxygen atoms in total. The minimum absolute atomic E-state index is 0.0694. The Morgan fingerprint density at radius 2 is 1.84 bits per heavy atom. The van der Waals surface area contributed by atoms with Crippen LogP contribution in [0.25, 0.3) is 0 Å². The molecule has 1 aliphatic heterocycles. The van der Waals surface area contributed by atoms with Crippen molar-refractivity contribution in [3.05, 3.63) is 48.3 Å². The molecule has 1 aromatic heterocycles. The molecular weight excluding hydrogens is 322 g/mol. The highest BCUT2D eigenvalue weighted by Gasteiger charge is 2.19. The van der Waals surface area contributed by atoms with Crippen molar-refractivity contribution in [1.82, 2.24) is 10.3 Å². The van der Waals surface area contributed by atoms with E-state index in [-0.39, 0.29) is 18.4 Å². The number of ether oxygens (including phenoxy) is 2. The van der Waals surface area contributed by atoms with Crippen LogP contribution in [-0.2, 0) is 16.1 Å². The number of nitrogens with one attached hydrogen (secondary N) is 1. The largest absolute Gasteiger partial charge is 0.486 e. The highest BCUT2D eigenvalue weighted by Crippen LogP contribution is 2.34. The fraction of sp³-hybridized carbons (Fsp3) is 0.278. The molecule has 0 atom stereocenters. The summed E-state index contributed by atoms with van der Waals surface area (Å²) in [5.41, 5.74) is 1.54. The summed E-state index contributed by atoms with van der Waals surface area (Å²) in [5.74, 6) is 0.741. The molecule has 0 fully saturated rings. The Morgan fingerprint density at radius 3 is 2.56 bits per heavy atom. The molecule has 25 heavy (non-hydrogen) atoms. The number of rotatable bonds is 5. The van der Waals surface area contributed by atoms with Gasteiger partial charge in [-0.05, 0) is 29.8 Å². The number of carbonyl (C=O) groups excluding carboxylic acids is 2. The molecule has 1 aliphatic rings. The van der Waals surface area contributed by atoms with Crippen LogP contribution in [0.2, 0.25) is 0 Å². The predicted molar refractivity (Wildman–Crippen MR) is 91.5 cm³/mol. The van der Waals surface area contributed by atoms with Crippen LogP contribution in [0.3, 0.4) is 0 Å². The molecule has 2 heterocycles. The summed E-state index contributed by atoms with van der Waals surface area (Å²) in [4.78, 5) is 29.5. The number of carbonyl (C=O) groups is 2. The minimum Gasteiger partial charge on any atom is -0.486 e. The van der Waals surface area contributed by atoms with Crippen molar-refractivity contribution in [2.24, 2.45) is 0 Å².